The zero-order chi connectivity index (χ0) is 30.2. The van der Waals surface area contributed by atoms with Gasteiger partial charge in [-0.15, -0.1) is 0 Å². The number of aliphatic hydroxyl groups is 1. The van der Waals surface area contributed by atoms with Crippen LogP contribution in [0.5, 0.6) is 5.75 Å². The summed E-state index contributed by atoms with van der Waals surface area (Å²) in [7, 11) is 0. The molecule has 1 aliphatic rings. The molecule has 0 bridgehead atoms. The van der Waals surface area contributed by atoms with E-state index >= 15 is 0 Å². The van der Waals surface area contributed by atoms with Gasteiger partial charge in [-0.2, -0.15) is 0 Å². The van der Waals surface area contributed by atoms with E-state index in [1.165, 1.54) is 21.8 Å². The second-order valence-corrected chi connectivity index (χ2v) is 12.2. The lowest BCUT2D eigenvalue weighted by atomic mass is 9.94. The molecule has 0 radical (unpaired) electrons. The number of amides is 1. The van der Waals surface area contributed by atoms with Gasteiger partial charge in [0.25, 0.3) is 5.78 Å². The molecule has 1 N–H and O–H groups in total. The van der Waals surface area contributed by atoms with Gasteiger partial charge in [-0.1, -0.05) is 91.4 Å². The number of anilines is 1. The Kier molecular flexibility index (Phi) is 7.59. The van der Waals surface area contributed by atoms with E-state index in [-0.39, 0.29) is 11.3 Å². The number of nitrogens with zero attached hydrogens (tertiary/aromatic N) is 2. The van der Waals surface area contributed by atoms with Crippen molar-refractivity contribution in [3.8, 4) is 5.75 Å². The Labute approximate surface area is 254 Å². The number of fused-ring (bicyclic) bond motifs is 1. The first kappa shape index (κ1) is 28.4. The van der Waals surface area contributed by atoms with Crippen molar-refractivity contribution in [1.82, 2.24) is 4.98 Å². The Morgan fingerprint density at radius 1 is 0.953 bits per heavy atom. The fourth-order valence-electron chi connectivity index (χ4n) is 5.43. The molecule has 7 heteroatoms. The van der Waals surface area contributed by atoms with Crippen molar-refractivity contribution in [3.05, 3.63) is 130 Å². The summed E-state index contributed by atoms with van der Waals surface area (Å²) in [6.45, 7) is 8.51. The van der Waals surface area contributed by atoms with E-state index in [0.29, 0.717) is 29.0 Å². The van der Waals surface area contributed by atoms with Crippen molar-refractivity contribution < 1.29 is 19.4 Å². The molecule has 1 amide bonds. The quantitative estimate of drug-likeness (QED) is 0.118. The molecule has 0 saturated carbocycles. The maximum absolute atomic E-state index is 13.7. The summed E-state index contributed by atoms with van der Waals surface area (Å²) in [4.78, 5) is 33.6. The molecule has 6 rings (SSSR count). The van der Waals surface area contributed by atoms with Gasteiger partial charge in [-0.3, -0.25) is 14.5 Å². The number of hydrogen-bond donors (Lipinski definition) is 1. The minimum absolute atomic E-state index is 0.0371. The number of carbonyl (C=O) groups is 2. The molecule has 1 saturated heterocycles. The fourth-order valence-corrected chi connectivity index (χ4v) is 6.47. The largest absolute Gasteiger partial charge is 0.507 e. The van der Waals surface area contributed by atoms with Gasteiger partial charge in [0, 0.05) is 5.56 Å². The minimum Gasteiger partial charge on any atom is -0.507 e. The van der Waals surface area contributed by atoms with Crippen LogP contribution in [-0.2, 0) is 16.2 Å². The van der Waals surface area contributed by atoms with Crippen molar-refractivity contribution in [1.29, 1.82) is 0 Å². The molecule has 1 atom stereocenters. The third kappa shape index (κ3) is 5.44. The monoisotopic (exact) mass is 588 g/mol. The lowest BCUT2D eigenvalue weighted by Gasteiger charge is -2.23. The number of ketones is 1. The van der Waals surface area contributed by atoms with Crippen LogP contribution in [0.4, 0.5) is 5.13 Å². The highest BCUT2D eigenvalue weighted by Crippen LogP contribution is 2.45. The van der Waals surface area contributed by atoms with Crippen LogP contribution in [-0.4, -0.2) is 21.8 Å². The molecule has 2 heterocycles. The summed E-state index contributed by atoms with van der Waals surface area (Å²) < 4.78 is 6.96. The maximum Gasteiger partial charge on any atom is 0.301 e. The molecule has 6 nitrogen and oxygen atoms in total. The number of ether oxygens (including phenoxy) is 1. The van der Waals surface area contributed by atoms with Crippen LogP contribution in [0.15, 0.2) is 96.6 Å². The van der Waals surface area contributed by atoms with E-state index < -0.39 is 17.7 Å². The summed E-state index contributed by atoms with van der Waals surface area (Å²) >= 11 is 1.37. The van der Waals surface area contributed by atoms with E-state index in [9.17, 15) is 14.7 Å². The van der Waals surface area contributed by atoms with Crippen LogP contribution >= 0.6 is 11.3 Å². The summed E-state index contributed by atoms with van der Waals surface area (Å²) in [6, 6.07) is 28.1. The van der Waals surface area contributed by atoms with Gasteiger partial charge >= 0.3 is 5.91 Å². The zero-order valence-electron chi connectivity index (χ0n) is 24.5. The highest BCUT2D eigenvalue weighted by Gasteiger charge is 2.48. The van der Waals surface area contributed by atoms with Crippen molar-refractivity contribution in [2.75, 3.05) is 4.90 Å². The van der Waals surface area contributed by atoms with Gasteiger partial charge in [0.15, 0.2) is 5.13 Å². The van der Waals surface area contributed by atoms with Crippen LogP contribution in [0.2, 0.25) is 0 Å². The second kappa shape index (κ2) is 11.5. The number of aryl methyl sites for hydroxylation is 2. The number of aromatic nitrogens is 1. The molecule has 1 aromatic heterocycles. The maximum atomic E-state index is 13.7. The molecular weight excluding hydrogens is 556 g/mol. The smallest absolute Gasteiger partial charge is 0.301 e. The van der Waals surface area contributed by atoms with Gasteiger partial charge < -0.3 is 9.84 Å². The summed E-state index contributed by atoms with van der Waals surface area (Å²) in [5.74, 6) is -0.668. The number of benzene rings is 4. The van der Waals surface area contributed by atoms with Crippen LogP contribution in [0.25, 0.3) is 16.0 Å². The Hall–Kier alpha value is -4.75. The average molecular weight is 589 g/mol. The van der Waals surface area contributed by atoms with Gasteiger partial charge in [0.2, 0.25) is 0 Å². The third-order valence-electron chi connectivity index (χ3n) is 7.76. The SMILES string of the molecule is Cc1cccc(C2/C(=C(\O)c3ccc(OCc4ccccc4)c(C)c3)C(=O)C(=O)N2c2nc3ccc(C(C)C)cc3s2)c1. The summed E-state index contributed by atoms with van der Waals surface area (Å²) in [6.07, 6.45) is 0. The summed E-state index contributed by atoms with van der Waals surface area (Å²) in [5, 5.41) is 12.1. The van der Waals surface area contributed by atoms with E-state index in [4.69, 9.17) is 9.72 Å². The molecule has 1 aliphatic heterocycles. The number of carbonyl (C=O) groups excluding carboxylic acids is 2. The molecule has 5 aromatic rings. The lowest BCUT2D eigenvalue weighted by Crippen LogP contribution is -2.29. The van der Waals surface area contributed by atoms with Crippen LogP contribution in [0, 0.1) is 13.8 Å². The van der Waals surface area contributed by atoms with Crippen molar-refractivity contribution in [2.24, 2.45) is 0 Å². The van der Waals surface area contributed by atoms with Crippen molar-refractivity contribution >= 4 is 44.1 Å². The minimum atomic E-state index is -0.834. The number of thiazole rings is 1. The van der Waals surface area contributed by atoms with Gasteiger partial charge in [-0.25, -0.2) is 4.98 Å². The Morgan fingerprint density at radius 3 is 2.47 bits per heavy atom. The van der Waals surface area contributed by atoms with Gasteiger partial charge in [-0.05, 0) is 72.4 Å². The molecule has 0 aliphatic carbocycles. The van der Waals surface area contributed by atoms with E-state index in [1.54, 1.807) is 18.2 Å². The molecular formula is C36H32N2O4S. The predicted molar refractivity (Wildman–Crippen MR) is 172 cm³/mol. The first-order valence-corrected chi connectivity index (χ1v) is 15.1. The summed E-state index contributed by atoms with van der Waals surface area (Å²) in [5.41, 5.74) is 5.95. The second-order valence-electron chi connectivity index (χ2n) is 11.2. The van der Waals surface area contributed by atoms with Gasteiger partial charge in [0.1, 0.15) is 18.1 Å². The number of Topliss-reactive ketones (excluding diaryl/α,β-unsaturated/α-hetero) is 1. The molecule has 216 valence electrons. The number of rotatable bonds is 7. The topological polar surface area (TPSA) is 79.7 Å². The van der Waals surface area contributed by atoms with E-state index in [0.717, 1.165) is 32.5 Å². The Morgan fingerprint density at radius 2 is 1.74 bits per heavy atom. The average Bonchev–Trinajstić information content (AvgIpc) is 3.54. The van der Waals surface area contributed by atoms with Crippen molar-refractivity contribution in [3.63, 3.8) is 0 Å². The van der Waals surface area contributed by atoms with E-state index in [2.05, 4.69) is 19.9 Å². The Balaban J connectivity index is 1.42. The van der Waals surface area contributed by atoms with Crippen molar-refractivity contribution in [2.45, 2.75) is 46.3 Å². The zero-order valence-corrected chi connectivity index (χ0v) is 25.3. The van der Waals surface area contributed by atoms with E-state index in [1.807, 2.05) is 80.6 Å². The molecule has 1 unspecified atom stereocenters. The predicted octanol–water partition coefficient (Wildman–Crippen LogP) is 8.24. The highest BCUT2D eigenvalue weighted by molar-refractivity contribution is 7.22. The van der Waals surface area contributed by atoms with Crippen LogP contribution in [0.1, 0.15) is 59.2 Å². The first-order valence-electron chi connectivity index (χ1n) is 14.3. The normalized spacial score (nSPS) is 16.4. The molecule has 1 fully saturated rings. The number of hydrogen-bond acceptors (Lipinski definition) is 6. The van der Waals surface area contributed by atoms with Crippen LogP contribution in [0.3, 0.4) is 0 Å². The fraction of sp³-hybridized carbons (Fsp3) is 0.194. The molecule has 0 spiro atoms. The highest BCUT2D eigenvalue weighted by atomic mass is 32.1. The first-order chi connectivity index (χ1) is 20.7. The Bertz CT molecular complexity index is 1890. The molecule has 4 aromatic carbocycles. The number of aliphatic hydroxyl groups excluding tert-OH is 1. The van der Waals surface area contributed by atoms with Crippen LogP contribution < -0.4 is 9.64 Å². The van der Waals surface area contributed by atoms with Gasteiger partial charge in [0.05, 0.1) is 21.8 Å². The molecule has 43 heavy (non-hydrogen) atoms. The standard InChI is InChI=1S/C36H32N2O4S/c1-21(2)25-13-15-28-30(19-25)43-36(37-28)38-32(26-12-8-9-22(3)17-26)31(34(40)35(38)41)33(39)27-14-16-29(23(4)18-27)42-20-24-10-6-5-7-11-24/h5-19,21,32,39H,20H2,1-4H3/b33-31+. The third-order valence-corrected chi connectivity index (χ3v) is 8.78. The lowest BCUT2D eigenvalue weighted by molar-refractivity contribution is -0.132.